The van der Waals surface area contributed by atoms with Gasteiger partial charge in [-0.3, -0.25) is 29.3 Å². The molecule has 216 valence electrons. The Hall–Kier alpha value is -4.31. The number of carbonyl (C=O) groups excluding carboxylic acids is 4. The molecule has 1 saturated heterocycles. The smallest absolute Gasteiger partial charge is 0.358 e. The fourth-order valence-corrected chi connectivity index (χ4v) is 5.53. The number of nitrogens with two attached hydrogens (primary N) is 1. The first-order valence-electron chi connectivity index (χ1n) is 12.1. The highest BCUT2D eigenvalue weighted by molar-refractivity contribution is 8.00. The molecular weight excluding hydrogens is 574 g/mol. The number of rotatable bonds is 9. The van der Waals surface area contributed by atoms with Gasteiger partial charge in [-0.25, -0.2) is 9.78 Å². The quantitative estimate of drug-likeness (QED) is 0.138. The van der Waals surface area contributed by atoms with E-state index in [1.54, 1.807) is 32.9 Å². The Bertz CT molecular complexity index is 1430. The van der Waals surface area contributed by atoms with Gasteiger partial charge in [0.2, 0.25) is 6.79 Å². The summed E-state index contributed by atoms with van der Waals surface area (Å²) in [6.45, 7) is 4.36. The summed E-state index contributed by atoms with van der Waals surface area (Å²) in [7, 11) is 1.27. The molecule has 2 aromatic heterocycles. The van der Waals surface area contributed by atoms with Crippen molar-refractivity contribution in [3.05, 3.63) is 52.7 Å². The van der Waals surface area contributed by atoms with Gasteiger partial charge in [-0.05, 0) is 32.4 Å². The number of fused-ring (bicyclic) bond motifs is 1. The Morgan fingerprint density at radius 1 is 1.24 bits per heavy atom. The lowest BCUT2D eigenvalue weighted by Gasteiger charge is -2.49. The minimum absolute atomic E-state index is 0.0331. The molecule has 0 radical (unpaired) electrons. The van der Waals surface area contributed by atoms with Crippen LogP contribution in [0.15, 0.2) is 46.5 Å². The van der Waals surface area contributed by atoms with Crippen LogP contribution in [0.2, 0.25) is 0 Å². The van der Waals surface area contributed by atoms with Crippen molar-refractivity contribution in [3.63, 3.8) is 0 Å². The van der Waals surface area contributed by atoms with Crippen LogP contribution < -0.4 is 11.1 Å². The van der Waals surface area contributed by atoms with E-state index >= 15 is 0 Å². The predicted octanol–water partition coefficient (Wildman–Crippen LogP) is 1.32. The van der Waals surface area contributed by atoms with E-state index in [0.29, 0.717) is 17.0 Å². The summed E-state index contributed by atoms with van der Waals surface area (Å²) in [5.41, 5.74) is 5.89. The topological polar surface area (TPSA) is 188 Å². The number of allylic oxidation sites excluding steroid dienone is 1. The number of nitrogen functional groups attached to an aromatic ring is 1. The highest BCUT2D eigenvalue weighted by Crippen LogP contribution is 2.41. The second kappa shape index (κ2) is 12.5. The lowest BCUT2D eigenvalue weighted by Crippen LogP contribution is -2.71. The molecule has 2 amide bonds. The van der Waals surface area contributed by atoms with Gasteiger partial charge in [0.25, 0.3) is 11.8 Å². The van der Waals surface area contributed by atoms with Crippen molar-refractivity contribution >= 4 is 63.8 Å². The molecule has 14 nitrogen and oxygen atoms in total. The standard InChI is InChI=1S/C25H27N7O7S2/c1-25(2,3)23(36)39-12-38-22(35)18-13(5-6-14-9-27-7-8-28-14)10-40-21-17(20(34)32(18)21)30-19(33)16(31-37-4)15-11-41-24(26)29-15/h5-9,11,17,21H,10,12H2,1-4H3,(H2,26,29)(H,30,33)/b6-5+,31-16-/t17-,21-/m1/s1. The van der Waals surface area contributed by atoms with Crippen LogP contribution in [-0.4, -0.2) is 80.4 Å². The number of carbonyl (C=O) groups is 4. The van der Waals surface area contributed by atoms with Gasteiger partial charge in [0.05, 0.1) is 17.3 Å². The summed E-state index contributed by atoms with van der Waals surface area (Å²) in [5, 5.41) is 7.53. The van der Waals surface area contributed by atoms with E-state index in [-0.39, 0.29) is 22.2 Å². The zero-order valence-electron chi connectivity index (χ0n) is 22.5. The van der Waals surface area contributed by atoms with Gasteiger partial charge in [0.1, 0.15) is 29.9 Å². The van der Waals surface area contributed by atoms with Crippen LogP contribution in [0.4, 0.5) is 5.13 Å². The van der Waals surface area contributed by atoms with Crippen molar-refractivity contribution in [2.75, 3.05) is 25.4 Å². The highest BCUT2D eigenvalue weighted by Gasteiger charge is 2.54. The van der Waals surface area contributed by atoms with Gasteiger partial charge < -0.3 is 25.4 Å². The molecule has 0 bridgehead atoms. The van der Waals surface area contributed by atoms with Gasteiger partial charge in [0.15, 0.2) is 10.8 Å². The maximum Gasteiger partial charge on any atom is 0.358 e. The normalized spacial score (nSPS) is 19.0. The molecule has 0 aliphatic carbocycles. The van der Waals surface area contributed by atoms with E-state index < -0.39 is 47.4 Å². The second-order valence-electron chi connectivity index (χ2n) is 9.62. The molecule has 2 aliphatic heterocycles. The van der Waals surface area contributed by atoms with Crippen molar-refractivity contribution in [1.29, 1.82) is 0 Å². The van der Waals surface area contributed by atoms with Gasteiger partial charge >= 0.3 is 11.9 Å². The molecule has 0 spiro atoms. The van der Waals surface area contributed by atoms with Crippen LogP contribution >= 0.6 is 23.1 Å². The summed E-state index contributed by atoms with van der Waals surface area (Å²) < 4.78 is 10.3. The number of thioether (sulfide) groups is 1. The SMILES string of the molecule is CO/N=C(\C(=O)N[C@@H]1C(=O)N2C(C(=O)OCOC(=O)C(C)(C)C)=C(/C=C/c3cnccn3)CS[C@H]12)c1csc(N)n1. The van der Waals surface area contributed by atoms with E-state index in [9.17, 15) is 19.2 Å². The summed E-state index contributed by atoms with van der Waals surface area (Å²) in [4.78, 5) is 69.9. The first-order valence-corrected chi connectivity index (χ1v) is 14.0. The molecular formula is C25H27N7O7S2. The Labute approximate surface area is 243 Å². The first-order chi connectivity index (χ1) is 19.5. The van der Waals surface area contributed by atoms with Crippen LogP contribution in [0.1, 0.15) is 32.2 Å². The van der Waals surface area contributed by atoms with Crippen LogP contribution in [-0.2, 0) is 33.5 Å². The number of ether oxygens (including phenoxy) is 2. The maximum absolute atomic E-state index is 13.3. The van der Waals surface area contributed by atoms with Gasteiger partial charge in [-0.1, -0.05) is 11.2 Å². The maximum atomic E-state index is 13.3. The number of hydrogen-bond acceptors (Lipinski definition) is 14. The number of thiazole rings is 1. The summed E-state index contributed by atoms with van der Waals surface area (Å²) in [6, 6.07) is -0.974. The number of anilines is 1. The van der Waals surface area contributed by atoms with Crippen molar-refractivity contribution in [1.82, 2.24) is 25.2 Å². The zero-order valence-corrected chi connectivity index (χ0v) is 24.2. The van der Waals surface area contributed by atoms with E-state index in [1.165, 1.54) is 47.7 Å². The van der Waals surface area contributed by atoms with Gasteiger partial charge in [-0.15, -0.1) is 23.1 Å². The molecule has 3 N–H and O–H groups in total. The van der Waals surface area contributed by atoms with Gasteiger partial charge in [0, 0.05) is 23.5 Å². The number of nitrogens with zero attached hydrogens (tertiary/aromatic N) is 5. The van der Waals surface area contributed by atoms with Crippen LogP contribution in [0, 0.1) is 5.41 Å². The number of hydrogen-bond donors (Lipinski definition) is 2. The molecule has 2 atom stereocenters. The minimum atomic E-state index is -0.974. The zero-order chi connectivity index (χ0) is 29.7. The molecule has 1 fully saturated rings. The van der Waals surface area contributed by atoms with Crippen molar-refractivity contribution in [3.8, 4) is 0 Å². The molecule has 4 heterocycles. The molecule has 41 heavy (non-hydrogen) atoms. The minimum Gasteiger partial charge on any atom is -0.427 e. The Balaban J connectivity index is 1.55. The largest absolute Gasteiger partial charge is 0.427 e. The highest BCUT2D eigenvalue weighted by atomic mass is 32.2. The van der Waals surface area contributed by atoms with E-state index in [2.05, 4.69) is 25.4 Å². The lowest BCUT2D eigenvalue weighted by molar-refractivity contribution is -0.173. The average Bonchev–Trinajstić information content (AvgIpc) is 3.38. The van der Waals surface area contributed by atoms with Crippen LogP contribution in [0.3, 0.4) is 0 Å². The Morgan fingerprint density at radius 3 is 2.66 bits per heavy atom. The summed E-state index contributed by atoms with van der Waals surface area (Å²) >= 11 is 2.45. The van der Waals surface area contributed by atoms with Crippen molar-refractivity contribution < 1.29 is 33.5 Å². The molecule has 2 aliphatic rings. The number of oxime groups is 1. The van der Waals surface area contributed by atoms with Crippen molar-refractivity contribution in [2.24, 2.45) is 10.6 Å². The number of nitrogens with one attached hydrogen (secondary N) is 1. The lowest BCUT2D eigenvalue weighted by atomic mass is 9.98. The number of aromatic nitrogens is 3. The van der Waals surface area contributed by atoms with Crippen LogP contribution in [0.25, 0.3) is 6.08 Å². The fraction of sp³-hybridized carbons (Fsp3) is 0.360. The molecule has 4 rings (SSSR count). The third-order valence-corrected chi connectivity index (χ3v) is 7.65. The van der Waals surface area contributed by atoms with Crippen molar-refractivity contribution in [2.45, 2.75) is 32.2 Å². The third kappa shape index (κ3) is 6.71. The second-order valence-corrected chi connectivity index (χ2v) is 11.6. The van der Waals surface area contributed by atoms with Gasteiger partial charge in [-0.2, -0.15) is 0 Å². The summed E-state index contributed by atoms with van der Waals surface area (Å²) in [6.07, 6.45) is 7.87. The first kappa shape index (κ1) is 29.7. The summed E-state index contributed by atoms with van der Waals surface area (Å²) in [5.74, 6) is -2.38. The third-order valence-electron chi connectivity index (χ3n) is 5.67. The monoisotopic (exact) mass is 601 g/mol. The number of amides is 2. The van der Waals surface area contributed by atoms with E-state index in [4.69, 9.17) is 20.0 Å². The molecule has 0 saturated carbocycles. The average molecular weight is 602 g/mol. The molecule has 0 aromatic carbocycles. The number of β-lactam (4-membered cyclic amide) rings is 1. The Morgan fingerprint density at radius 2 is 2.02 bits per heavy atom. The van der Waals surface area contributed by atoms with Crippen LogP contribution in [0.5, 0.6) is 0 Å². The molecule has 16 heteroatoms. The number of esters is 2. The molecule has 0 unspecified atom stereocenters. The van der Waals surface area contributed by atoms with E-state index in [0.717, 1.165) is 11.3 Å². The molecule has 2 aromatic rings. The Kier molecular flexibility index (Phi) is 9.02. The van der Waals surface area contributed by atoms with E-state index in [1.807, 2.05) is 0 Å². The fourth-order valence-electron chi connectivity index (χ4n) is 3.67. The predicted molar refractivity (Wildman–Crippen MR) is 150 cm³/mol.